The van der Waals surface area contributed by atoms with Crippen molar-refractivity contribution in [3.8, 4) is 17.2 Å². The van der Waals surface area contributed by atoms with E-state index in [1.807, 2.05) is 57.3 Å². The molecule has 0 aliphatic carbocycles. The zero-order chi connectivity index (χ0) is 21.9. The number of amides is 1. The van der Waals surface area contributed by atoms with E-state index in [1.165, 1.54) is 0 Å². The number of phenols is 1. The number of halogens is 5. The second kappa shape index (κ2) is 11.1. The summed E-state index contributed by atoms with van der Waals surface area (Å²) in [7, 11) is 0. The van der Waals surface area contributed by atoms with Crippen LogP contribution in [0.1, 0.15) is 12.5 Å². The normalized spacial score (nSPS) is 11.7. The van der Waals surface area contributed by atoms with Gasteiger partial charge < -0.3 is 20.4 Å². The minimum absolute atomic E-state index is 0.197. The Morgan fingerprint density at radius 1 is 1.10 bits per heavy atom. The molecule has 29 heavy (non-hydrogen) atoms. The standard InChI is InChI=1S/C17H13ClI4N2O5/c1-7(25)24(18)29-17(27)14(23)4-8-2-12(21)16(13(22)3-8)28-9-5-10(19)15(26)11(20)6-9/h2-3,5-6,14,26H,4,23H2,1H3/t14-/m0/s1. The molecular formula is C17H13ClI4N2O5. The lowest BCUT2D eigenvalue weighted by atomic mass is 10.1. The highest BCUT2D eigenvalue weighted by Gasteiger charge is 2.22. The molecule has 3 N–H and O–H groups in total. The van der Waals surface area contributed by atoms with Crippen molar-refractivity contribution in [1.29, 1.82) is 0 Å². The lowest BCUT2D eigenvalue weighted by Crippen LogP contribution is -2.38. The fourth-order valence-electron chi connectivity index (χ4n) is 2.10. The molecule has 1 atom stereocenters. The smallest absolute Gasteiger partial charge is 0.351 e. The Hall–Kier alpha value is 0.150. The van der Waals surface area contributed by atoms with Gasteiger partial charge in [0, 0.05) is 6.92 Å². The maximum atomic E-state index is 12.0. The fraction of sp³-hybridized carbons (Fsp3) is 0.176. The lowest BCUT2D eigenvalue weighted by Gasteiger charge is -2.16. The van der Waals surface area contributed by atoms with Gasteiger partial charge in [-0.15, -0.1) is 0 Å². The molecule has 12 heteroatoms. The van der Waals surface area contributed by atoms with E-state index in [0.29, 0.717) is 23.2 Å². The van der Waals surface area contributed by atoms with Crippen LogP contribution in [-0.2, 0) is 20.8 Å². The molecule has 1 amide bonds. The van der Waals surface area contributed by atoms with Gasteiger partial charge in [0.2, 0.25) is 0 Å². The summed E-state index contributed by atoms with van der Waals surface area (Å²) in [6.07, 6.45) is 0.197. The van der Waals surface area contributed by atoms with Gasteiger partial charge in [0.15, 0.2) is 5.75 Å². The Kier molecular flexibility index (Phi) is 9.77. The first-order valence-electron chi connectivity index (χ1n) is 7.77. The average molecular weight is 868 g/mol. The number of hydrogen-bond acceptors (Lipinski definition) is 6. The van der Waals surface area contributed by atoms with E-state index in [9.17, 15) is 14.7 Å². The van der Waals surface area contributed by atoms with Gasteiger partial charge >= 0.3 is 5.97 Å². The second-order valence-electron chi connectivity index (χ2n) is 5.71. The van der Waals surface area contributed by atoms with Gasteiger partial charge in [-0.1, -0.05) is 4.58 Å². The van der Waals surface area contributed by atoms with Crippen molar-refractivity contribution in [3.63, 3.8) is 0 Å². The molecule has 0 saturated heterocycles. The van der Waals surface area contributed by atoms with Crippen molar-refractivity contribution in [2.75, 3.05) is 0 Å². The molecule has 7 nitrogen and oxygen atoms in total. The first-order chi connectivity index (χ1) is 13.5. The van der Waals surface area contributed by atoms with Crippen LogP contribution in [0.2, 0.25) is 0 Å². The van der Waals surface area contributed by atoms with Gasteiger partial charge in [0.05, 0.1) is 26.1 Å². The number of carbonyl (C=O) groups excluding carboxylic acids is 2. The number of nitrogens with two attached hydrogens (primary N) is 1. The van der Waals surface area contributed by atoms with Crippen molar-refractivity contribution in [3.05, 3.63) is 44.1 Å². The van der Waals surface area contributed by atoms with E-state index in [1.54, 1.807) is 12.1 Å². The number of hydroxylamine groups is 1. The van der Waals surface area contributed by atoms with Crippen molar-refractivity contribution in [2.45, 2.75) is 19.4 Å². The predicted octanol–water partition coefficient (Wildman–Crippen LogP) is 4.93. The maximum absolute atomic E-state index is 12.0. The van der Waals surface area contributed by atoms with Crippen LogP contribution in [0, 0.1) is 14.3 Å². The van der Waals surface area contributed by atoms with Gasteiger partial charge in [-0.3, -0.25) is 4.79 Å². The third kappa shape index (κ3) is 7.08. The number of benzene rings is 2. The van der Waals surface area contributed by atoms with Crippen LogP contribution in [0.15, 0.2) is 24.3 Å². The third-order valence-electron chi connectivity index (χ3n) is 3.44. The van der Waals surface area contributed by atoms with Crippen LogP contribution < -0.4 is 10.5 Å². The van der Waals surface area contributed by atoms with Crippen LogP contribution in [0.3, 0.4) is 0 Å². The van der Waals surface area contributed by atoms with Gasteiger partial charge in [-0.25, -0.2) is 4.79 Å². The van der Waals surface area contributed by atoms with E-state index in [4.69, 9.17) is 22.2 Å². The summed E-state index contributed by atoms with van der Waals surface area (Å²) in [5, 5.41) is 9.90. The second-order valence-corrected chi connectivity index (χ2v) is 10.7. The number of ether oxygens (including phenoxy) is 1. The van der Waals surface area contributed by atoms with Crippen molar-refractivity contribution >= 4 is 114 Å². The van der Waals surface area contributed by atoms with Gasteiger partial charge in [0.25, 0.3) is 5.91 Å². The third-order valence-corrected chi connectivity index (χ3v) is 7.00. The molecule has 156 valence electrons. The number of rotatable bonds is 5. The van der Waals surface area contributed by atoms with E-state index in [-0.39, 0.29) is 12.2 Å². The molecule has 2 rings (SSSR count). The summed E-state index contributed by atoms with van der Waals surface area (Å²) in [6.45, 7) is 1.16. The molecule has 0 fully saturated rings. The number of phenolic OH excluding ortho intramolecular Hbond substituents is 1. The number of hydrogen-bond donors (Lipinski definition) is 2. The van der Waals surface area contributed by atoms with Crippen LogP contribution in [-0.4, -0.2) is 27.6 Å². The summed E-state index contributed by atoms with van der Waals surface area (Å²) < 4.78 is 9.38. The molecule has 0 aliphatic heterocycles. The molecule has 0 radical (unpaired) electrons. The van der Waals surface area contributed by atoms with Crippen molar-refractivity contribution < 1.29 is 24.3 Å². The Labute approximate surface area is 226 Å². The molecule has 0 aromatic heterocycles. The topological polar surface area (TPSA) is 102 Å². The molecule has 0 saturated carbocycles. The van der Waals surface area contributed by atoms with Crippen LogP contribution >= 0.6 is 102 Å². The predicted molar refractivity (Wildman–Crippen MR) is 142 cm³/mol. The lowest BCUT2D eigenvalue weighted by molar-refractivity contribution is -0.179. The van der Waals surface area contributed by atoms with Crippen LogP contribution in [0.5, 0.6) is 17.2 Å². The summed E-state index contributed by atoms with van der Waals surface area (Å²) >= 11 is 13.9. The number of carbonyl (C=O) groups is 2. The Bertz CT molecular complexity index is 913. The van der Waals surface area contributed by atoms with E-state index < -0.39 is 17.9 Å². The fourth-order valence-corrected chi connectivity index (χ4v) is 5.99. The first kappa shape index (κ1) is 25.4. The minimum Gasteiger partial charge on any atom is -0.506 e. The summed E-state index contributed by atoms with van der Waals surface area (Å²) in [5.41, 5.74) is 6.67. The van der Waals surface area contributed by atoms with Crippen molar-refractivity contribution in [1.82, 2.24) is 4.58 Å². The molecule has 0 aliphatic rings. The largest absolute Gasteiger partial charge is 0.506 e. The number of nitrogens with zero attached hydrogens (tertiary/aromatic N) is 1. The Morgan fingerprint density at radius 3 is 2.10 bits per heavy atom. The average Bonchev–Trinajstić information content (AvgIpc) is 2.62. The van der Waals surface area contributed by atoms with Crippen molar-refractivity contribution in [2.24, 2.45) is 5.73 Å². The van der Waals surface area contributed by atoms with E-state index in [0.717, 1.165) is 19.6 Å². The van der Waals surface area contributed by atoms with Crippen LogP contribution in [0.25, 0.3) is 0 Å². The monoisotopic (exact) mass is 868 g/mol. The van der Waals surface area contributed by atoms with Gasteiger partial charge in [0.1, 0.15) is 17.5 Å². The highest BCUT2D eigenvalue weighted by atomic mass is 127. The molecule has 0 spiro atoms. The zero-order valence-corrected chi connectivity index (χ0v) is 24.0. The molecule has 2 aromatic carbocycles. The van der Waals surface area contributed by atoms with Gasteiger partial charge in [-0.05, 0) is 127 Å². The van der Waals surface area contributed by atoms with E-state index in [2.05, 4.69) is 50.0 Å². The molecule has 2 aromatic rings. The van der Waals surface area contributed by atoms with Crippen LogP contribution in [0.4, 0.5) is 0 Å². The van der Waals surface area contributed by atoms with Gasteiger partial charge in [-0.2, -0.15) is 0 Å². The molecule has 0 heterocycles. The molecular weight excluding hydrogens is 855 g/mol. The SMILES string of the molecule is CC(=O)N(Cl)OC(=O)[C@@H](N)Cc1cc(I)c(Oc2cc(I)c(O)c(I)c2)c(I)c1. The maximum Gasteiger partial charge on any atom is 0.351 e. The Balaban J connectivity index is 2.17. The van der Waals surface area contributed by atoms with E-state index >= 15 is 0 Å². The molecule has 0 unspecified atom stereocenters. The summed E-state index contributed by atoms with van der Waals surface area (Å²) in [6, 6.07) is 6.21. The summed E-state index contributed by atoms with van der Waals surface area (Å²) in [4.78, 5) is 27.7. The highest BCUT2D eigenvalue weighted by Crippen LogP contribution is 2.36. The zero-order valence-electron chi connectivity index (χ0n) is 14.6. The Morgan fingerprint density at radius 2 is 1.62 bits per heavy atom. The quantitative estimate of drug-likeness (QED) is 0.251. The molecule has 0 bridgehead atoms. The first-order valence-corrected chi connectivity index (χ1v) is 12.4. The summed E-state index contributed by atoms with van der Waals surface area (Å²) in [5.74, 6) is 0.0448. The minimum atomic E-state index is -0.991. The number of aromatic hydroxyl groups is 1. The highest BCUT2D eigenvalue weighted by molar-refractivity contribution is 14.1.